The summed E-state index contributed by atoms with van der Waals surface area (Å²) < 4.78 is 5.57. The van der Waals surface area contributed by atoms with E-state index in [1.807, 2.05) is 17.0 Å². The van der Waals surface area contributed by atoms with Crippen LogP contribution in [0.4, 0.5) is 0 Å². The fourth-order valence-electron chi connectivity index (χ4n) is 3.49. The third-order valence-electron chi connectivity index (χ3n) is 4.85. The highest BCUT2D eigenvalue weighted by Gasteiger charge is 2.25. The maximum atomic E-state index is 12.4. The van der Waals surface area contributed by atoms with Crippen molar-refractivity contribution in [3.63, 3.8) is 0 Å². The van der Waals surface area contributed by atoms with Crippen molar-refractivity contribution >= 4 is 5.91 Å². The monoisotopic (exact) mass is 324 g/mol. The van der Waals surface area contributed by atoms with Gasteiger partial charge >= 0.3 is 0 Å². The smallest absolute Gasteiger partial charge is 0.272 e. The summed E-state index contributed by atoms with van der Waals surface area (Å²) >= 11 is 0. The molecule has 2 aromatic rings. The van der Waals surface area contributed by atoms with E-state index in [1.165, 1.54) is 16.0 Å². The predicted molar refractivity (Wildman–Crippen MR) is 90.2 cm³/mol. The van der Waals surface area contributed by atoms with E-state index >= 15 is 0 Å². The molecule has 124 valence electrons. The molecule has 0 bridgehead atoms. The molecule has 0 saturated carbocycles. The second-order valence-corrected chi connectivity index (χ2v) is 6.47. The van der Waals surface area contributed by atoms with Crippen LogP contribution in [0.2, 0.25) is 0 Å². The van der Waals surface area contributed by atoms with E-state index in [2.05, 4.69) is 23.2 Å². The van der Waals surface area contributed by atoms with Gasteiger partial charge in [0.05, 0.1) is 32.8 Å². The molecule has 1 amide bonds. The minimum absolute atomic E-state index is 0.0457. The molecular weight excluding hydrogens is 302 g/mol. The highest BCUT2D eigenvalue weighted by molar-refractivity contribution is 5.92. The molecule has 5 nitrogen and oxygen atoms in total. The zero-order valence-corrected chi connectivity index (χ0v) is 13.7. The van der Waals surface area contributed by atoms with Gasteiger partial charge in [-0.25, -0.2) is 0 Å². The molecule has 0 atom stereocenters. The first-order valence-electron chi connectivity index (χ1n) is 8.58. The summed E-state index contributed by atoms with van der Waals surface area (Å²) in [5, 5.41) is 0. The highest BCUT2D eigenvalue weighted by atomic mass is 16.5. The van der Waals surface area contributed by atoms with Crippen LogP contribution in [0.1, 0.15) is 21.6 Å². The second kappa shape index (κ2) is 6.61. The Kier molecular flexibility index (Phi) is 4.17. The SMILES string of the molecule is O=C(c1ccccn1)N1CC[NH+](Cc2ccc3c(c2)CCO3)CC1. The van der Waals surface area contributed by atoms with Crippen LogP contribution >= 0.6 is 0 Å². The Balaban J connectivity index is 1.34. The van der Waals surface area contributed by atoms with Gasteiger partial charge in [0.2, 0.25) is 0 Å². The van der Waals surface area contributed by atoms with Gasteiger partial charge < -0.3 is 14.5 Å². The van der Waals surface area contributed by atoms with Crippen molar-refractivity contribution in [2.75, 3.05) is 32.8 Å². The molecule has 0 radical (unpaired) electrons. The largest absolute Gasteiger partial charge is 0.493 e. The van der Waals surface area contributed by atoms with E-state index in [0.717, 1.165) is 51.5 Å². The zero-order chi connectivity index (χ0) is 16.4. The number of hydrogen-bond acceptors (Lipinski definition) is 3. The van der Waals surface area contributed by atoms with Gasteiger partial charge in [0.15, 0.2) is 0 Å². The van der Waals surface area contributed by atoms with Crippen LogP contribution in [0.25, 0.3) is 0 Å². The van der Waals surface area contributed by atoms with Crippen LogP contribution in [0, 0.1) is 0 Å². The minimum Gasteiger partial charge on any atom is -0.493 e. The molecule has 0 spiro atoms. The molecule has 1 aromatic carbocycles. The number of ether oxygens (including phenoxy) is 1. The molecule has 0 aliphatic carbocycles. The van der Waals surface area contributed by atoms with Crippen LogP contribution in [-0.2, 0) is 13.0 Å². The van der Waals surface area contributed by atoms with Crippen LogP contribution < -0.4 is 9.64 Å². The van der Waals surface area contributed by atoms with Gasteiger partial charge in [0.1, 0.15) is 18.0 Å². The molecule has 2 aliphatic rings. The molecule has 3 heterocycles. The minimum atomic E-state index is 0.0457. The number of carbonyl (C=O) groups excluding carboxylic acids is 1. The lowest BCUT2D eigenvalue weighted by Gasteiger charge is -2.32. The third-order valence-corrected chi connectivity index (χ3v) is 4.85. The van der Waals surface area contributed by atoms with E-state index in [-0.39, 0.29) is 5.91 Å². The Morgan fingerprint density at radius 3 is 2.88 bits per heavy atom. The Morgan fingerprint density at radius 1 is 1.21 bits per heavy atom. The van der Waals surface area contributed by atoms with E-state index in [1.54, 1.807) is 12.3 Å². The fraction of sp³-hybridized carbons (Fsp3) is 0.368. The number of hydrogen-bond donors (Lipinski definition) is 1. The normalized spacial score (nSPS) is 17.4. The molecule has 0 unspecified atom stereocenters. The van der Waals surface area contributed by atoms with Gasteiger partial charge in [-0.15, -0.1) is 0 Å². The lowest BCUT2D eigenvalue weighted by molar-refractivity contribution is -0.917. The summed E-state index contributed by atoms with van der Waals surface area (Å²) in [5.41, 5.74) is 3.23. The maximum Gasteiger partial charge on any atom is 0.272 e. The first-order chi connectivity index (χ1) is 11.8. The van der Waals surface area contributed by atoms with Crippen LogP contribution in [0.15, 0.2) is 42.6 Å². The van der Waals surface area contributed by atoms with Crippen molar-refractivity contribution in [2.24, 2.45) is 0 Å². The first-order valence-corrected chi connectivity index (χ1v) is 8.58. The Labute approximate surface area is 141 Å². The number of nitrogens with one attached hydrogen (secondary N) is 1. The Hall–Kier alpha value is -2.40. The number of amides is 1. The molecule has 1 fully saturated rings. The number of pyridine rings is 1. The average molecular weight is 324 g/mol. The first kappa shape index (κ1) is 15.1. The van der Waals surface area contributed by atoms with E-state index < -0.39 is 0 Å². The van der Waals surface area contributed by atoms with Crippen molar-refractivity contribution in [3.8, 4) is 5.75 Å². The Morgan fingerprint density at radius 2 is 2.08 bits per heavy atom. The van der Waals surface area contributed by atoms with Gasteiger partial charge in [-0.2, -0.15) is 0 Å². The number of rotatable bonds is 3. The highest BCUT2D eigenvalue weighted by Crippen LogP contribution is 2.25. The van der Waals surface area contributed by atoms with Crippen molar-refractivity contribution < 1.29 is 14.4 Å². The number of fused-ring (bicyclic) bond motifs is 1. The molecule has 1 aromatic heterocycles. The number of nitrogens with zero attached hydrogens (tertiary/aromatic N) is 2. The summed E-state index contributed by atoms with van der Waals surface area (Å²) in [5.74, 6) is 1.09. The van der Waals surface area contributed by atoms with Gasteiger partial charge in [-0.05, 0) is 35.9 Å². The third kappa shape index (κ3) is 3.12. The molecule has 1 N–H and O–H groups in total. The van der Waals surface area contributed by atoms with Crippen molar-refractivity contribution in [3.05, 3.63) is 59.4 Å². The number of piperazine rings is 1. The van der Waals surface area contributed by atoms with Gasteiger partial charge in [0.25, 0.3) is 5.91 Å². The van der Waals surface area contributed by atoms with Crippen LogP contribution in [0.5, 0.6) is 5.75 Å². The van der Waals surface area contributed by atoms with Crippen molar-refractivity contribution in [1.29, 1.82) is 0 Å². The molecule has 24 heavy (non-hydrogen) atoms. The summed E-state index contributed by atoms with van der Waals surface area (Å²) in [6.07, 6.45) is 2.69. The van der Waals surface area contributed by atoms with E-state index in [4.69, 9.17) is 4.74 Å². The van der Waals surface area contributed by atoms with Crippen LogP contribution in [0.3, 0.4) is 0 Å². The molecule has 2 aliphatic heterocycles. The maximum absolute atomic E-state index is 12.4. The number of aromatic nitrogens is 1. The standard InChI is InChI=1S/C19H21N3O2/c23-19(17-3-1-2-7-20-17)22-10-8-21(9-11-22)14-15-4-5-18-16(13-15)6-12-24-18/h1-5,7,13H,6,8-12,14H2/p+1. The number of benzene rings is 1. The predicted octanol–water partition coefficient (Wildman–Crippen LogP) is 0.557. The quantitative estimate of drug-likeness (QED) is 0.897. The molecular formula is C19H22N3O2+. The average Bonchev–Trinajstić information content (AvgIpc) is 3.10. The zero-order valence-electron chi connectivity index (χ0n) is 13.7. The van der Waals surface area contributed by atoms with Gasteiger partial charge in [0, 0.05) is 18.2 Å². The molecule has 1 saturated heterocycles. The number of quaternary nitrogens is 1. The van der Waals surface area contributed by atoms with Crippen molar-refractivity contribution in [2.45, 2.75) is 13.0 Å². The van der Waals surface area contributed by atoms with Gasteiger partial charge in [-0.1, -0.05) is 6.07 Å². The second-order valence-electron chi connectivity index (χ2n) is 6.47. The lowest BCUT2D eigenvalue weighted by atomic mass is 10.1. The molecule has 4 rings (SSSR count). The summed E-state index contributed by atoms with van der Waals surface area (Å²) in [6, 6.07) is 12.0. The van der Waals surface area contributed by atoms with Crippen molar-refractivity contribution in [1.82, 2.24) is 9.88 Å². The lowest BCUT2D eigenvalue weighted by Crippen LogP contribution is -3.13. The summed E-state index contributed by atoms with van der Waals surface area (Å²) in [6.45, 7) is 5.36. The summed E-state index contributed by atoms with van der Waals surface area (Å²) in [7, 11) is 0. The fourth-order valence-corrected chi connectivity index (χ4v) is 3.49. The molecule has 5 heteroatoms. The van der Waals surface area contributed by atoms with E-state index in [9.17, 15) is 4.79 Å². The Bertz CT molecular complexity index is 725. The number of carbonyl (C=O) groups is 1. The van der Waals surface area contributed by atoms with E-state index in [0.29, 0.717) is 5.69 Å². The summed E-state index contributed by atoms with van der Waals surface area (Å²) in [4.78, 5) is 20.0. The van der Waals surface area contributed by atoms with Gasteiger partial charge in [-0.3, -0.25) is 9.78 Å². The van der Waals surface area contributed by atoms with Crippen LogP contribution in [-0.4, -0.2) is 48.6 Å². The topological polar surface area (TPSA) is 46.9 Å².